The molecule has 0 bridgehead atoms. The van der Waals surface area contributed by atoms with Crippen LogP contribution in [0, 0.1) is 0 Å². The molecule has 13 heavy (non-hydrogen) atoms. The lowest BCUT2D eigenvalue weighted by molar-refractivity contribution is -0.118. The van der Waals surface area contributed by atoms with Crippen LogP contribution >= 0.6 is 0 Å². The summed E-state index contributed by atoms with van der Waals surface area (Å²) in [6.07, 6.45) is 0.181. The van der Waals surface area contributed by atoms with Crippen molar-refractivity contribution in [3.8, 4) is 0 Å². The molecule has 1 rings (SSSR count). The molecule has 0 radical (unpaired) electrons. The van der Waals surface area contributed by atoms with Crippen LogP contribution in [0.5, 0.6) is 0 Å². The van der Waals surface area contributed by atoms with E-state index >= 15 is 0 Å². The van der Waals surface area contributed by atoms with Crippen LogP contribution in [0.4, 0.5) is 0 Å². The zero-order chi connectivity index (χ0) is 10.0. The molecular weight excluding hydrogens is 174 g/mol. The quantitative estimate of drug-likeness (QED) is 0.502. The molecule has 0 aromatic rings. The lowest BCUT2D eigenvalue weighted by atomic mass is 9.96. The first-order valence-corrected chi connectivity index (χ1v) is 3.82. The third kappa shape index (κ3) is 1.65. The van der Waals surface area contributed by atoms with Crippen molar-refractivity contribution in [2.75, 3.05) is 6.61 Å². The van der Waals surface area contributed by atoms with Crippen molar-refractivity contribution in [3.05, 3.63) is 22.8 Å². The highest BCUT2D eigenvalue weighted by Gasteiger charge is 2.29. The molecule has 0 fully saturated rings. The first-order valence-electron chi connectivity index (χ1n) is 3.82. The Bertz CT molecular complexity index is 303. The molecule has 0 saturated carbocycles. The number of nitrogens with one attached hydrogen (secondary N) is 1. The molecule has 0 atom stereocenters. The van der Waals surface area contributed by atoms with Gasteiger partial charge < -0.3 is 20.6 Å². The third-order valence-electron chi connectivity index (χ3n) is 1.71. The van der Waals surface area contributed by atoms with E-state index in [2.05, 4.69) is 5.32 Å². The molecule has 72 valence electrons. The van der Waals surface area contributed by atoms with Gasteiger partial charge in [-0.15, -0.1) is 0 Å². The van der Waals surface area contributed by atoms with E-state index in [9.17, 15) is 15.0 Å². The average molecular weight is 185 g/mol. The van der Waals surface area contributed by atoms with Gasteiger partial charge in [0, 0.05) is 25.5 Å². The molecule has 0 aliphatic heterocycles. The number of amides is 1. The van der Waals surface area contributed by atoms with Crippen LogP contribution in [0.3, 0.4) is 0 Å². The minimum absolute atomic E-state index is 0.0379. The Morgan fingerprint density at radius 3 is 2.38 bits per heavy atom. The fourth-order valence-corrected chi connectivity index (χ4v) is 1.11. The number of aliphatic hydroxyl groups is 3. The highest BCUT2D eigenvalue weighted by molar-refractivity contribution is 5.77. The molecule has 1 aliphatic rings. The summed E-state index contributed by atoms with van der Waals surface area (Å²) in [7, 11) is 0. The number of rotatable bonds is 3. The maximum Gasteiger partial charge on any atom is 0.221 e. The normalized spacial score (nSPS) is 15.8. The van der Waals surface area contributed by atoms with E-state index in [0.717, 1.165) is 0 Å². The summed E-state index contributed by atoms with van der Waals surface area (Å²) in [5, 5.41) is 29.3. The number of hydrogen-bond donors (Lipinski definition) is 4. The van der Waals surface area contributed by atoms with E-state index in [0.29, 0.717) is 0 Å². The smallest absolute Gasteiger partial charge is 0.221 e. The number of carbonyl (C=O) groups excluding carboxylic acids is 1. The summed E-state index contributed by atoms with van der Waals surface area (Å²) in [4.78, 5) is 10.6. The van der Waals surface area contributed by atoms with Crippen LogP contribution in [0.15, 0.2) is 22.8 Å². The van der Waals surface area contributed by atoms with E-state index < -0.39 is 0 Å². The van der Waals surface area contributed by atoms with Gasteiger partial charge in [0.1, 0.15) is 17.2 Å². The average Bonchev–Trinajstić information content (AvgIpc) is 2.09. The first kappa shape index (κ1) is 9.60. The van der Waals surface area contributed by atoms with Crippen molar-refractivity contribution >= 4 is 5.91 Å². The Labute approximate surface area is 75.0 Å². The molecule has 0 saturated heterocycles. The van der Waals surface area contributed by atoms with Crippen LogP contribution in [0.1, 0.15) is 13.3 Å². The maximum atomic E-state index is 10.6. The van der Waals surface area contributed by atoms with E-state index in [4.69, 9.17) is 5.11 Å². The maximum absolute atomic E-state index is 10.6. The SMILES string of the molecule is CC(=O)NC1=C(O)C(CCO)=C1O. The van der Waals surface area contributed by atoms with Gasteiger partial charge in [0.25, 0.3) is 0 Å². The Hall–Kier alpha value is -1.49. The van der Waals surface area contributed by atoms with Crippen LogP contribution in [0.2, 0.25) is 0 Å². The number of aliphatic hydroxyl groups excluding tert-OH is 3. The first-order chi connectivity index (χ1) is 6.07. The minimum Gasteiger partial charge on any atom is -0.505 e. The largest absolute Gasteiger partial charge is 0.505 e. The van der Waals surface area contributed by atoms with Crippen molar-refractivity contribution in [2.24, 2.45) is 0 Å². The van der Waals surface area contributed by atoms with Gasteiger partial charge in [0.15, 0.2) is 0 Å². The lowest BCUT2D eigenvalue weighted by Gasteiger charge is -2.22. The fraction of sp³-hybridized carbons (Fsp3) is 0.375. The van der Waals surface area contributed by atoms with Crippen molar-refractivity contribution in [1.29, 1.82) is 0 Å². The summed E-state index contributed by atoms with van der Waals surface area (Å²) >= 11 is 0. The summed E-state index contributed by atoms with van der Waals surface area (Å²) in [6, 6.07) is 0. The molecular formula is C8H11NO4. The molecule has 0 aromatic carbocycles. The molecule has 0 unspecified atom stereocenters. The third-order valence-corrected chi connectivity index (χ3v) is 1.71. The number of hydrogen-bond acceptors (Lipinski definition) is 4. The standard InChI is InChI=1S/C8H11NO4/c1-4(11)9-6-7(12)5(2-3-10)8(6)13/h10,12-13H,2-3H2,1H3,(H,9,11). The molecule has 0 spiro atoms. The Balaban J connectivity index is 2.67. The van der Waals surface area contributed by atoms with Gasteiger partial charge in [-0.2, -0.15) is 0 Å². The Morgan fingerprint density at radius 2 is 2.00 bits per heavy atom. The lowest BCUT2D eigenvalue weighted by Crippen LogP contribution is -2.28. The second-order valence-electron chi connectivity index (χ2n) is 2.71. The molecule has 1 amide bonds. The summed E-state index contributed by atoms with van der Waals surface area (Å²) in [5.74, 6) is -0.667. The number of carbonyl (C=O) groups is 1. The highest BCUT2D eigenvalue weighted by atomic mass is 16.3. The second kappa shape index (κ2) is 3.49. The van der Waals surface area contributed by atoms with E-state index in [1.54, 1.807) is 0 Å². The van der Waals surface area contributed by atoms with Gasteiger partial charge in [-0.1, -0.05) is 0 Å². The Morgan fingerprint density at radius 1 is 1.38 bits per heavy atom. The van der Waals surface area contributed by atoms with E-state index in [-0.39, 0.29) is 41.7 Å². The monoisotopic (exact) mass is 185 g/mol. The molecule has 1 aliphatic carbocycles. The Kier molecular flexibility index (Phi) is 2.57. The van der Waals surface area contributed by atoms with Gasteiger partial charge in [-0.05, 0) is 0 Å². The summed E-state index contributed by atoms with van der Waals surface area (Å²) in [6.45, 7) is 1.12. The zero-order valence-electron chi connectivity index (χ0n) is 7.16. The fourth-order valence-electron chi connectivity index (χ4n) is 1.11. The van der Waals surface area contributed by atoms with E-state index in [1.165, 1.54) is 6.92 Å². The minimum atomic E-state index is -0.365. The molecule has 4 N–H and O–H groups in total. The molecule has 5 heteroatoms. The second-order valence-corrected chi connectivity index (χ2v) is 2.71. The molecule has 0 heterocycles. The van der Waals surface area contributed by atoms with Crippen LogP contribution in [-0.4, -0.2) is 27.8 Å². The van der Waals surface area contributed by atoms with Crippen molar-refractivity contribution < 1.29 is 20.1 Å². The van der Waals surface area contributed by atoms with Crippen LogP contribution in [0.25, 0.3) is 0 Å². The van der Waals surface area contributed by atoms with Crippen molar-refractivity contribution in [2.45, 2.75) is 13.3 Å². The van der Waals surface area contributed by atoms with Gasteiger partial charge in [-0.25, -0.2) is 0 Å². The summed E-state index contributed by atoms with van der Waals surface area (Å²) in [5.41, 5.74) is 0.321. The zero-order valence-corrected chi connectivity index (χ0v) is 7.16. The molecule has 5 nitrogen and oxygen atoms in total. The van der Waals surface area contributed by atoms with Crippen LogP contribution < -0.4 is 5.32 Å². The molecule has 0 aromatic heterocycles. The van der Waals surface area contributed by atoms with Gasteiger partial charge in [-0.3, -0.25) is 4.79 Å². The van der Waals surface area contributed by atoms with Gasteiger partial charge in [0.05, 0.1) is 0 Å². The van der Waals surface area contributed by atoms with Crippen molar-refractivity contribution in [3.63, 3.8) is 0 Å². The predicted octanol–water partition coefficient (Wildman–Crippen LogP) is 0.100. The van der Waals surface area contributed by atoms with E-state index in [1.807, 2.05) is 0 Å². The number of allylic oxidation sites excluding steroid dienone is 1. The van der Waals surface area contributed by atoms with Gasteiger partial charge in [0.2, 0.25) is 5.91 Å². The summed E-state index contributed by atoms with van der Waals surface area (Å²) < 4.78 is 0. The predicted molar refractivity (Wildman–Crippen MR) is 44.8 cm³/mol. The van der Waals surface area contributed by atoms with Crippen LogP contribution in [-0.2, 0) is 4.79 Å². The van der Waals surface area contributed by atoms with Crippen molar-refractivity contribution in [1.82, 2.24) is 5.32 Å². The van der Waals surface area contributed by atoms with Gasteiger partial charge >= 0.3 is 0 Å². The topological polar surface area (TPSA) is 89.8 Å². The highest BCUT2D eigenvalue weighted by Crippen LogP contribution is 2.31.